The second-order valence-electron chi connectivity index (χ2n) is 4.37. The van der Waals surface area contributed by atoms with E-state index in [0.717, 1.165) is 16.3 Å². The van der Waals surface area contributed by atoms with E-state index in [1.54, 1.807) is 0 Å². The summed E-state index contributed by atoms with van der Waals surface area (Å²) in [5.41, 5.74) is 0.753. The minimum atomic E-state index is -0.908. The van der Waals surface area contributed by atoms with Crippen molar-refractivity contribution in [3.05, 3.63) is 48.0 Å². The Labute approximate surface area is 111 Å². The molecule has 0 saturated heterocycles. The monoisotopic (exact) mass is 259 g/mol. The van der Waals surface area contributed by atoms with Crippen molar-refractivity contribution >= 4 is 16.7 Å². The standard InChI is InChI=1S/C15H17NO3/c17-10-4-9-16-14(15(18)19)13-8-3-6-11-5-1-2-7-12(11)13/h1-3,5-8,14,16-17H,4,9-10H2,(H,18,19). The fourth-order valence-corrected chi connectivity index (χ4v) is 2.16. The predicted molar refractivity (Wildman–Crippen MR) is 74.0 cm³/mol. The molecule has 0 radical (unpaired) electrons. The van der Waals surface area contributed by atoms with Crippen LogP contribution in [0.1, 0.15) is 18.0 Å². The second kappa shape index (κ2) is 6.31. The maximum absolute atomic E-state index is 11.4. The van der Waals surface area contributed by atoms with Crippen LogP contribution in [-0.4, -0.2) is 29.3 Å². The highest BCUT2D eigenvalue weighted by Crippen LogP contribution is 2.24. The molecule has 0 aliphatic heterocycles. The van der Waals surface area contributed by atoms with Crippen LogP contribution in [0.5, 0.6) is 0 Å². The predicted octanol–water partition coefficient (Wildman–Crippen LogP) is 1.94. The Bertz CT molecular complexity index is 563. The first-order valence-corrected chi connectivity index (χ1v) is 6.28. The summed E-state index contributed by atoms with van der Waals surface area (Å²) in [5.74, 6) is -0.908. The third-order valence-electron chi connectivity index (χ3n) is 3.06. The number of carbonyl (C=O) groups is 1. The fourth-order valence-electron chi connectivity index (χ4n) is 2.16. The Hall–Kier alpha value is -1.91. The van der Waals surface area contributed by atoms with Gasteiger partial charge >= 0.3 is 5.97 Å². The van der Waals surface area contributed by atoms with Crippen molar-refractivity contribution in [2.75, 3.05) is 13.2 Å². The molecule has 0 aromatic heterocycles. The Morgan fingerprint density at radius 3 is 2.63 bits per heavy atom. The highest BCUT2D eigenvalue weighted by atomic mass is 16.4. The number of aliphatic hydroxyl groups excluding tert-OH is 1. The van der Waals surface area contributed by atoms with E-state index in [-0.39, 0.29) is 6.61 Å². The molecule has 19 heavy (non-hydrogen) atoms. The van der Waals surface area contributed by atoms with Crippen LogP contribution >= 0.6 is 0 Å². The highest BCUT2D eigenvalue weighted by Gasteiger charge is 2.20. The highest BCUT2D eigenvalue weighted by molar-refractivity contribution is 5.90. The molecule has 2 aromatic carbocycles. The van der Waals surface area contributed by atoms with E-state index < -0.39 is 12.0 Å². The van der Waals surface area contributed by atoms with Gasteiger partial charge in [-0.25, -0.2) is 0 Å². The summed E-state index contributed by atoms with van der Waals surface area (Å²) < 4.78 is 0. The van der Waals surface area contributed by atoms with Gasteiger partial charge in [-0.3, -0.25) is 4.79 Å². The molecular formula is C15H17NO3. The molecular weight excluding hydrogens is 242 g/mol. The van der Waals surface area contributed by atoms with Crippen LogP contribution < -0.4 is 5.32 Å². The summed E-state index contributed by atoms with van der Waals surface area (Å²) in [6, 6.07) is 12.6. The van der Waals surface area contributed by atoms with Gasteiger partial charge in [0.2, 0.25) is 0 Å². The fraction of sp³-hybridized carbons (Fsp3) is 0.267. The first kappa shape index (κ1) is 13.5. The number of hydrogen-bond acceptors (Lipinski definition) is 3. The van der Waals surface area contributed by atoms with E-state index in [4.69, 9.17) is 5.11 Å². The van der Waals surface area contributed by atoms with Crippen LogP contribution in [0, 0.1) is 0 Å². The van der Waals surface area contributed by atoms with E-state index in [9.17, 15) is 9.90 Å². The lowest BCUT2D eigenvalue weighted by Crippen LogP contribution is -2.29. The molecule has 0 aliphatic carbocycles. The average molecular weight is 259 g/mol. The van der Waals surface area contributed by atoms with Crippen molar-refractivity contribution < 1.29 is 15.0 Å². The van der Waals surface area contributed by atoms with Crippen LogP contribution in [0.3, 0.4) is 0 Å². The lowest BCUT2D eigenvalue weighted by atomic mass is 9.98. The number of hydrogen-bond donors (Lipinski definition) is 3. The van der Waals surface area contributed by atoms with Gasteiger partial charge in [0.15, 0.2) is 0 Å². The van der Waals surface area contributed by atoms with E-state index in [1.165, 1.54) is 0 Å². The van der Waals surface area contributed by atoms with E-state index >= 15 is 0 Å². The number of rotatable bonds is 6. The molecule has 3 N–H and O–H groups in total. The lowest BCUT2D eigenvalue weighted by molar-refractivity contribution is -0.139. The quantitative estimate of drug-likeness (QED) is 0.693. The van der Waals surface area contributed by atoms with E-state index in [2.05, 4.69) is 5.32 Å². The molecule has 0 bridgehead atoms. The summed E-state index contributed by atoms with van der Waals surface area (Å²) in [7, 11) is 0. The molecule has 2 aromatic rings. The van der Waals surface area contributed by atoms with E-state index in [1.807, 2.05) is 42.5 Å². The van der Waals surface area contributed by atoms with Crippen molar-refractivity contribution in [2.24, 2.45) is 0 Å². The number of aliphatic carboxylic acids is 1. The average Bonchev–Trinajstić information content (AvgIpc) is 2.43. The first-order chi connectivity index (χ1) is 9.24. The summed E-state index contributed by atoms with van der Waals surface area (Å²) in [6.45, 7) is 0.519. The molecule has 0 heterocycles. The summed E-state index contributed by atoms with van der Waals surface area (Å²) >= 11 is 0. The van der Waals surface area contributed by atoms with Crippen molar-refractivity contribution in [1.29, 1.82) is 0 Å². The summed E-state index contributed by atoms with van der Waals surface area (Å²) in [5, 5.41) is 23.1. The number of benzene rings is 2. The van der Waals surface area contributed by atoms with Crippen LogP contribution in [0.15, 0.2) is 42.5 Å². The third-order valence-corrected chi connectivity index (χ3v) is 3.06. The van der Waals surface area contributed by atoms with Gasteiger partial charge in [-0.1, -0.05) is 42.5 Å². The van der Waals surface area contributed by atoms with E-state index in [0.29, 0.717) is 13.0 Å². The van der Waals surface area contributed by atoms with Gasteiger partial charge in [0.05, 0.1) is 0 Å². The van der Waals surface area contributed by atoms with Crippen molar-refractivity contribution in [1.82, 2.24) is 5.32 Å². The molecule has 2 rings (SSSR count). The number of fused-ring (bicyclic) bond motifs is 1. The number of aliphatic hydroxyl groups is 1. The minimum absolute atomic E-state index is 0.0505. The zero-order chi connectivity index (χ0) is 13.7. The Morgan fingerprint density at radius 2 is 1.89 bits per heavy atom. The maximum Gasteiger partial charge on any atom is 0.325 e. The number of nitrogens with one attached hydrogen (secondary N) is 1. The lowest BCUT2D eigenvalue weighted by Gasteiger charge is -2.16. The molecule has 1 unspecified atom stereocenters. The van der Waals surface area contributed by atoms with Gasteiger partial charge in [-0.15, -0.1) is 0 Å². The van der Waals surface area contributed by atoms with Crippen LogP contribution in [0.2, 0.25) is 0 Å². The minimum Gasteiger partial charge on any atom is -0.480 e. The Morgan fingerprint density at radius 1 is 1.16 bits per heavy atom. The van der Waals surface area contributed by atoms with Crippen LogP contribution in [-0.2, 0) is 4.79 Å². The second-order valence-corrected chi connectivity index (χ2v) is 4.37. The van der Waals surface area contributed by atoms with Crippen LogP contribution in [0.25, 0.3) is 10.8 Å². The zero-order valence-corrected chi connectivity index (χ0v) is 10.5. The number of carboxylic acid groups (broad SMARTS) is 1. The topological polar surface area (TPSA) is 69.6 Å². The zero-order valence-electron chi connectivity index (χ0n) is 10.5. The van der Waals surface area contributed by atoms with Gasteiger partial charge in [-0.2, -0.15) is 0 Å². The smallest absolute Gasteiger partial charge is 0.325 e. The molecule has 0 saturated carbocycles. The van der Waals surface area contributed by atoms with Gasteiger partial charge in [0.25, 0.3) is 0 Å². The molecule has 0 aliphatic rings. The first-order valence-electron chi connectivity index (χ1n) is 6.28. The van der Waals surface area contributed by atoms with Crippen molar-refractivity contribution in [3.8, 4) is 0 Å². The normalized spacial score (nSPS) is 12.5. The molecule has 0 fully saturated rings. The van der Waals surface area contributed by atoms with Crippen molar-refractivity contribution in [3.63, 3.8) is 0 Å². The molecule has 100 valence electrons. The third kappa shape index (κ3) is 3.10. The molecule has 4 nitrogen and oxygen atoms in total. The molecule has 1 atom stereocenters. The number of carboxylic acids is 1. The summed E-state index contributed by atoms with van der Waals surface area (Å²) in [6.07, 6.45) is 0.536. The SMILES string of the molecule is O=C(O)C(NCCCO)c1cccc2ccccc12. The summed E-state index contributed by atoms with van der Waals surface area (Å²) in [4.78, 5) is 11.4. The van der Waals surface area contributed by atoms with Crippen molar-refractivity contribution in [2.45, 2.75) is 12.5 Å². The van der Waals surface area contributed by atoms with Crippen LogP contribution in [0.4, 0.5) is 0 Å². The van der Waals surface area contributed by atoms with Gasteiger partial charge in [0.1, 0.15) is 6.04 Å². The molecule has 4 heteroatoms. The molecule has 0 amide bonds. The largest absolute Gasteiger partial charge is 0.480 e. The Balaban J connectivity index is 2.36. The maximum atomic E-state index is 11.4. The van der Waals surface area contributed by atoms with Gasteiger partial charge in [-0.05, 0) is 29.3 Å². The molecule has 0 spiro atoms. The van der Waals surface area contributed by atoms with Gasteiger partial charge < -0.3 is 15.5 Å². The van der Waals surface area contributed by atoms with Gasteiger partial charge in [0, 0.05) is 6.61 Å². The Kier molecular flexibility index (Phi) is 4.49.